The molecule has 2 N–H and O–H groups in total. The Morgan fingerprint density at radius 2 is 1.84 bits per heavy atom. The van der Waals surface area contributed by atoms with E-state index in [1.54, 1.807) is 12.1 Å². The van der Waals surface area contributed by atoms with Gasteiger partial charge in [-0.1, -0.05) is 44.2 Å². The summed E-state index contributed by atoms with van der Waals surface area (Å²) in [6.07, 6.45) is 0.563. The zero-order valence-corrected chi connectivity index (χ0v) is 14.5. The van der Waals surface area contributed by atoms with E-state index in [-0.39, 0.29) is 5.82 Å². The van der Waals surface area contributed by atoms with Crippen molar-refractivity contribution in [2.75, 3.05) is 0 Å². The van der Waals surface area contributed by atoms with Crippen molar-refractivity contribution >= 4 is 5.97 Å². The van der Waals surface area contributed by atoms with Crippen molar-refractivity contribution in [2.45, 2.75) is 39.5 Å². The summed E-state index contributed by atoms with van der Waals surface area (Å²) in [5.74, 6) is -0.150. The number of hydrogen-bond donors (Lipinski definition) is 2. The molecule has 0 saturated heterocycles. The van der Waals surface area contributed by atoms with Gasteiger partial charge in [0.15, 0.2) is 0 Å². The SMILES string of the molecule is CC(C)CC(NCc1ccccc1OCc1ccc(F)cc1)C(=O)O. The highest BCUT2D eigenvalue weighted by Crippen LogP contribution is 2.20. The Labute approximate surface area is 147 Å². The number of benzene rings is 2. The van der Waals surface area contributed by atoms with Gasteiger partial charge in [0.25, 0.3) is 0 Å². The summed E-state index contributed by atoms with van der Waals surface area (Å²) < 4.78 is 18.8. The van der Waals surface area contributed by atoms with Gasteiger partial charge < -0.3 is 15.2 Å². The number of carboxylic acid groups (broad SMARTS) is 1. The number of aliphatic carboxylic acids is 1. The minimum absolute atomic E-state index is 0.279. The number of carbonyl (C=O) groups is 1. The van der Waals surface area contributed by atoms with Crippen LogP contribution < -0.4 is 10.1 Å². The molecule has 0 fully saturated rings. The lowest BCUT2D eigenvalue weighted by atomic mass is 10.0. The standard InChI is InChI=1S/C20H24FNO3/c1-14(2)11-18(20(23)24)22-12-16-5-3-4-6-19(16)25-13-15-7-9-17(21)10-8-15/h3-10,14,18,22H,11-13H2,1-2H3,(H,23,24). The van der Waals surface area contributed by atoms with Crippen molar-refractivity contribution in [3.8, 4) is 5.75 Å². The van der Waals surface area contributed by atoms with Gasteiger partial charge in [0.05, 0.1) is 0 Å². The van der Waals surface area contributed by atoms with Crippen LogP contribution in [0.1, 0.15) is 31.4 Å². The number of rotatable bonds is 9. The van der Waals surface area contributed by atoms with Crippen molar-refractivity contribution < 1.29 is 19.0 Å². The predicted octanol–water partition coefficient (Wildman–Crippen LogP) is 3.99. The zero-order valence-electron chi connectivity index (χ0n) is 14.5. The number of halogens is 1. The summed E-state index contributed by atoms with van der Waals surface area (Å²) in [7, 11) is 0. The first kappa shape index (κ1) is 18.9. The lowest BCUT2D eigenvalue weighted by Gasteiger charge is -2.18. The molecule has 0 amide bonds. The number of para-hydroxylation sites is 1. The van der Waals surface area contributed by atoms with Crippen LogP contribution in [0.4, 0.5) is 4.39 Å². The molecule has 0 aliphatic carbocycles. The van der Waals surface area contributed by atoms with Gasteiger partial charge in [-0.15, -0.1) is 0 Å². The fraction of sp³-hybridized carbons (Fsp3) is 0.350. The molecule has 0 spiro atoms. The minimum Gasteiger partial charge on any atom is -0.489 e. The first-order valence-electron chi connectivity index (χ1n) is 8.37. The van der Waals surface area contributed by atoms with Crippen LogP contribution in [-0.2, 0) is 17.9 Å². The monoisotopic (exact) mass is 345 g/mol. The van der Waals surface area contributed by atoms with E-state index in [1.165, 1.54) is 12.1 Å². The van der Waals surface area contributed by atoms with Gasteiger partial charge >= 0.3 is 5.97 Å². The lowest BCUT2D eigenvalue weighted by Crippen LogP contribution is -2.37. The maximum Gasteiger partial charge on any atom is 0.320 e. The molecule has 2 aromatic rings. The van der Waals surface area contributed by atoms with Crippen LogP contribution in [-0.4, -0.2) is 17.1 Å². The fourth-order valence-electron chi connectivity index (χ4n) is 2.51. The van der Waals surface area contributed by atoms with Crippen molar-refractivity contribution in [2.24, 2.45) is 5.92 Å². The van der Waals surface area contributed by atoms with Crippen LogP contribution in [0.5, 0.6) is 5.75 Å². The number of carboxylic acids is 1. The predicted molar refractivity (Wildman–Crippen MR) is 94.9 cm³/mol. The fourth-order valence-corrected chi connectivity index (χ4v) is 2.51. The van der Waals surface area contributed by atoms with E-state index in [9.17, 15) is 14.3 Å². The Morgan fingerprint density at radius 1 is 1.16 bits per heavy atom. The third kappa shape index (κ3) is 6.19. The Morgan fingerprint density at radius 3 is 2.48 bits per heavy atom. The van der Waals surface area contributed by atoms with Crippen molar-refractivity contribution in [3.05, 3.63) is 65.5 Å². The molecular weight excluding hydrogens is 321 g/mol. The Bertz CT molecular complexity index is 686. The third-order valence-electron chi connectivity index (χ3n) is 3.82. The molecule has 0 bridgehead atoms. The molecule has 1 unspecified atom stereocenters. The molecule has 1 atom stereocenters. The van der Waals surface area contributed by atoms with Crippen LogP contribution in [0.15, 0.2) is 48.5 Å². The van der Waals surface area contributed by atoms with Gasteiger partial charge in [0.2, 0.25) is 0 Å². The molecule has 0 aliphatic rings. The summed E-state index contributed by atoms with van der Waals surface area (Å²) in [6, 6.07) is 13.1. The third-order valence-corrected chi connectivity index (χ3v) is 3.82. The van der Waals surface area contributed by atoms with Gasteiger partial charge in [-0.3, -0.25) is 4.79 Å². The number of ether oxygens (including phenoxy) is 1. The summed E-state index contributed by atoms with van der Waals surface area (Å²) in [5.41, 5.74) is 1.76. The maximum absolute atomic E-state index is 12.9. The van der Waals surface area contributed by atoms with E-state index in [1.807, 2.05) is 38.1 Å². The molecule has 2 aromatic carbocycles. The molecule has 0 radical (unpaired) electrons. The second kappa shape index (κ2) is 9.18. The zero-order chi connectivity index (χ0) is 18.2. The second-order valence-corrected chi connectivity index (χ2v) is 6.42. The van der Waals surface area contributed by atoms with Gasteiger partial charge in [-0.25, -0.2) is 4.39 Å². The molecule has 2 rings (SSSR count). The number of hydrogen-bond acceptors (Lipinski definition) is 3. The summed E-state index contributed by atoms with van der Waals surface area (Å²) in [4.78, 5) is 11.4. The Kier molecular flexibility index (Phi) is 6.95. The summed E-state index contributed by atoms with van der Waals surface area (Å²) in [6.45, 7) is 4.73. The van der Waals surface area contributed by atoms with E-state index in [2.05, 4.69) is 5.32 Å². The molecule has 25 heavy (non-hydrogen) atoms. The lowest BCUT2D eigenvalue weighted by molar-refractivity contribution is -0.140. The highest BCUT2D eigenvalue weighted by molar-refractivity contribution is 5.73. The second-order valence-electron chi connectivity index (χ2n) is 6.42. The van der Waals surface area contributed by atoms with E-state index in [4.69, 9.17) is 4.74 Å². The van der Waals surface area contributed by atoms with Gasteiger partial charge in [0.1, 0.15) is 24.2 Å². The molecule has 0 aromatic heterocycles. The first-order valence-corrected chi connectivity index (χ1v) is 8.37. The molecule has 0 aliphatic heterocycles. The average molecular weight is 345 g/mol. The van der Waals surface area contributed by atoms with Gasteiger partial charge in [-0.2, -0.15) is 0 Å². The molecule has 4 nitrogen and oxygen atoms in total. The number of nitrogens with one attached hydrogen (secondary N) is 1. The van der Waals surface area contributed by atoms with Gasteiger partial charge in [0, 0.05) is 12.1 Å². The topological polar surface area (TPSA) is 58.6 Å². The Balaban J connectivity index is 1.99. The smallest absolute Gasteiger partial charge is 0.320 e. The van der Waals surface area contributed by atoms with Crippen LogP contribution in [0.25, 0.3) is 0 Å². The van der Waals surface area contributed by atoms with Crippen LogP contribution >= 0.6 is 0 Å². The normalized spacial score (nSPS) is 12.2. The largest absolute Gasteiger partial charge is 0.489 e. The average Bonchev–Trinajstić information content (AvgIpc) is 2.58. The van der Waals surface area contributed by atoms with Crippen LogP contribution in [0.2, 0.25) is 0 Å². The van der Waals surface area contributed by atoms with E-state index < -0.39 is 12.0 Å². The van der Waals surface area contributed by atoms with Crippen molar-refractivity contribution in [1.29, 1.82) is 0 Å². The van der Waals surface area contributed by atoms with E-state index in [0.717, 1.165) is 11.1 Å². The molecular formula is C20H24FNO3. The highest BCUT2D eigenvalue weighted by Gasteiger charge is 2.18. The van der Waals surface area contributed by atoms with Crippen LogP contribution in [0.3, 0.4) is 0 Å². The van der Waals surface area contributed by atoms with Crippen molar-refractivity contribution in [3.63, 3.8) is 0 Å². The van der Waals surface area contributed by atoms with Crippen LogP contribution in [0, 0.1) is 11.7 Å². The van der Waals surface area contributed by atoms with Gasteiger partial charge in [-0.05, 0) is 36.1 Å². The molecule has 134 valence electrons. The quantitative estimate of drug-likeness (QED) is 0.721. The van der Waals surface area contributed by atoms with E-state index in [0.29, 0.717) is 31.2 Å². The van der Waals surface area contributed by atoms with Crippen molar-refractivity contribution in [1.82, 2.24) is 5.32 Å². The molecule has 0 saturated carbocycles. The summed E-state index contributed by atoms with van der Waals surface area (Å²) >= 11 is 0. The summed E-state index contributed by atoms with van der Waals surface area (Å²) in [5, 5.41) is 12.4. The first-order chi connectivity index (χ1) is 12.0. The highest BCUT2D eigenvalue weighted by atomic mass is 19.1. The minimum atomic E-state index is -0.849. The Hall–Kier alpha value is -2.40. The molecule has 5 heteroatoms. The maximum atomic E-state index is 12.9. The molecule has 0 heterocycles. The van der Waals surface area contributed by atoms with E-state index >= 15 is 0 Å².